The summed E-state index contributed by atoms with van der Waals surface area (Å²) in [5.41, 5.74) is 6.94. The van der Waals surface area contributed by atoms with Crippen molar-refractivity contribution in [2.75, 3.05) is 13.1 Å². The molecule has 0 radical (unpaired) electrons. The minimum absolute atomic E-state index is 0.162. The Bertz CT molecular complexity index is 292. The Hall–Kier alpha value is -0.0800. The van der Waals surface area contributed by atoms with Gasteiger partial charge < -0.3 is 5.73 Å². The predicted octanol–water partition coefficient (Wildman–Crippen LogP) is 4.04. The second-order valence-corrected chi connectivity index (χ2v) is 8.11. The zero-order valence-electron chi connectivity index (χ0n) is 14.2. The molecule has 20 heavy (non-hydrogen) atoms. The number of hydrogen-bond acceptors (Lipinski definition) is 2. The Balaban J connectivity index is 2.00. The highest BCUT2D eigenvalue weighted by Gasteiger charge is 2.39. The number of likely N-dealkylation sites (tertiary alicyclic amines) is 1. The molecular weight excluding hydrogens is 244 g/mol. The molecule has 2 fully saturated rings. The molecule has 118 valence electrons. The summed E-state index contributed by atoms with van der Waals surface area (Å²) in [6, 6.07) is 0.329. The van der Waals surface area contributed by atoms with Crippen molar-refractivity contribution >= 4 is 0 Å². The SMILES string of the molecule is CC1CCC(C(N)C(C)(C)N2CCCCCC2)CC1C. The summed E-state index contributed by atoms with van der Waals surface area (Å²) >= 11 is 0. The average molecular weight is 280 g/mol. The third kappa shape index (κ3) is 3.57. The first-order chi connectivity index (χ1) is 9.43. The zero-order chi connectivity index (χ0) is 14.8. The number of nitrogens with zero attached hydrogens (tertiary/aromatic N) is 1. The second-order valence-electron chi connectivity index (χ2n) is 8.11. The molecular formula is C18H36N2. The zero-order valence-corrected chi connectivity index (χ0v) is 14.2. The van der Waals surface area contributed by atoms with E-state index in [2.05, 4.69) is 32.6 Å². The molecule has 4 atom stereocenters. The molecule has 0 aromatic carbocycles. The minimum Gasteiger partial charge on any atom is -0.326 e. The van der Waals surface area contributed by atoms with Crippen LogP contribution in [-0.4, -0.2) is 29.6 Å². The Morgan fingerprint density at radius 2 is 1.55 bits per heavy atom. The largest absolute Gasteiger partial charge is 0.326 e. The monoisotopic (exact) mass is 280 g/mol. The topological polar surface area (TPSA) is 29.3 Å². The average Bonchev–Trinajstić information content (AvgIpc) is 2.70. The molecule has 2 N–H and O–H groups in total. The Kier molecular flexibility index (Phi) is 5.53. The quantitative estimate of drug-likeness (QED) is 0.845. The van der Waals surface area contributed by atoms with E-state index in [4.69, 9.17) is 5.73 Å². The highest BCUT2D eigenvalue weighted by atomic mass is 15.2. The molecule has 0 amide bonds. The fourth-order valence-electron chi connectivity index (χ4n) is 4.35. The lowest BCUT2D eigenvalue weighted by atomic mass is 9.69. The molecule has 1 saturated carbocycles. The van der Waals surface area contributed by atoms with Crippen LogP contribution in [0.2, 0.25) is 0 Å². The third-order valence-electron chi connectivity index (χ3n) is 6.38. The van der Waals surface area contributed by atoms with Gasteiger partial charge in [-0.25, -0.2) is 0 Å². The summed E-state index contributed by atoms with van der Waals surface area (Å²) in [6.07, 6.45) is 9.56. The predicted molar refractivity (Wildman–Crippen MR) is 87.8 cm³/mol. The van der Waals surface area contributed by atoms with Gasteiger partial charge >= 0.3 is 0 Å². The van der Waals surface area contributed by atoms with Gasteiger partial charge in [0.05, 0.1) is 0 Å². The maximum atomic E-state index is 6.77. The van der Waals surface area contributed by atoms with E-state index in [-0.39, 0.29) is 5.54 Å². The first-order valence-corrected chi connectivity index (χ1v) is 8.93. The normalized spacial score (nSPS) is 35.5. The van der Waals surface area contributed by atoms with Crippen LogP contribution in [0.4, 0.5) is 0 Å². The van der Waals surface area contributed by atoms with Gasteiger partial charge in [0.25, 0.3) is 0 Å². The summed E-state index contributed by atoms with van der Waals surface area (Å²) in [6.45, 7) is 12.1. The summed E-state index contributed by atoms with van der Waals surface area (Å²) in [7, 11) is 0. The van der Waals surface area contributed by atoms with Gasteiger partial charge in [0.15, 0.2) is 0 Å². The second kappa shape index (κ2) is 6.79. The van der Waals surface area contributed by atoms with Crippen LogP contribution < -0.4 is 5.73 Å². The lowest BCUT2D eigenvalue weighted by Crippen LogP contribution is -2.59. The van der Waals surface area contributed by atoms with Gasteiger partial charge in [0, 0.05) is 11.6 Å². The van der Waals surface area contributed by atoms with Crippen molar-refractivity contribution in [2.45, 2.75) is 84.2 Å². The Morgan fingerprint density at radius 1 is 0.950 bits per heavy atom. The van der Waals surface area contributed by atoms with E-state index in [0.717, 1.165) is 17.8 Å². The van der Waals surface area contributed by atoms with Crippen molar-refractivity contribution in [1.82, 2.24) is 4.90 Å². The van der Waals surface area contributed by atoms with E-state index in [0.29, 0.717) is 6.04 Å². The van der Waals surface area contributed by atoms with E-state index < -0.39 is 0 Å². The highest BCUT2D eigenvalue weighted by molar-refractivity contribution is 4.97. The Labute approximate surface area is 126 Å². The molecule has 2 rings (SSSR count). The van der Waals surface area contributed by atoms with Gasteiger partial charge in [-0.1, -0.05) is 33.1 Å². The van der Waals surface area contributed by atoms with Crippen LogP contribution >= 0.6 is 0 Å². The first kappa shape index (κ1) is 16.3. The summed E-state index contributed by atoms with van der Waals surface area (Å²) in [4.78, 5) is 2.69. The van der Waals surface area contributed by atoms with E-state index in [1.165, 1.54) is 58.0 Å². The molecule has 0 aromatic heterocycles. The molecule has 2 aliphatic rings. The molecule has 0 bridgehead atoms. The fraction of sp³-hybridized carbons (Fsp3) is 1.00. The lowest BCUT2D eigenvalue weighted by molar-refractivity contribution is 0.0528. The summed E-state index contributed by atoms with van der Waals surface area (Å²) in [5, 5.41) is 0. The van der Waals surface area contributed by atoms with Crippen LogP contribution in [0, 0.1) is 17.8 Å². The maximum absolute atomic E-state index is 6.77. The van der Waals surface area contributed by atoms with Crippen molar-refractivity contribution < 1.29 is 0 Å². The van der Waals surface area contributed by atoms with Gasteiger partial charge in [-0.3, -0.25) is 4.90 Å². The van der Waals surface area contributed by atoms with Gasteiger partial charge in [-0.2, -0.15) is 0 Å². The summed E-state index contributed by atoms with van der Waals surface area (Å²) < 4.78 is 0. The summed E-state index contributed by atoms with van der Waals surface area (Å²) in [5.74, 6) is 2.46. The molecule has 4 unspecified atom stereocenters. The molecule has 2 heteroatoms. The van der Waals surface area contributed by atoms with Gasteiger partial charge in [0.2, 0.25) is 0 Å². The van der Waals surface area contributed by atoms with Gasteiger partial charge in [-0.05, 0) is 70.4 Å². The van der Waals surface area contributed by atoms with Gasteiger partial charge in [0.1, 0.15) is 0 Å². The van der Waals surface area contributed by atoms with Crippen molar-refractivity contribution in [3.8, 4) is 0 Å². The molecule has 1 aliphatic heterocycles. The lowest BCUT2D eigenvalue weighted by Gasteiger charge is -2.47. The van der Waals surface area contributed by atoms with Crippen LogP contribution in [0.5, 0.6) is 0 Å². The van der Waals surface area contributed by atoms with Crippen LogP contribution in [0.25, 0.3) is 0 Å². The molecule has 0 spiro atoms. The molecule has 1 heterocycles. The van der Waals surface area contributed by atoms with Crippen molar-refractivity contribution in [1.29, 1.82) is 0 Å². The maximum Gasteiger partial charge on any atom is 0.0306 e. The number of hydrogen-bond donors (Lipinski definition) is 1. The van der Waals surface area contributed by atoms with E-state index in [9.17, 15) is 0 Å². The van der Waals surface area contributed by atoms with Crippen LogP contribution in [-0.2, 0) is 0 Å². The molecule has 2 nitrogen and oxygen atoms in total. The van der Waals surface area contributed by atoms with Crippen molar-refractivity contribution in [3.63, 3.8) is 0 Å². The molecule has 1 saturated heterocycles. The first-order valence-electron chi connectivity index (χ1n) is 8.93. The minimum atomic E-state index is 0.162. The van der Waals surface area contributed by atoms with Crippen LogP contribution in [0.3, 0.4) is 0 Å². The van der Waals surface area contributed by atoms with Gasteiger partial charge in [-0.15, -0.1) is 0 Å². The third-order valence-corrected chi connectivity index (χ3v) is 6.38. The van der Waals surface area contributed by atoms with E-state index in [1.807, 2.05) is 0 Å². The smallest absolute Gasteiger partial charge is 0.0306 e. The number of rotatable bonds is 3. The van der Waals surface area contributed by atoms with Crippen molar-refractivity contribution in [3.05, 3.63) is 0 Å². The number of nitrogens with two attached hydrogens (primary N) is 1. The van der Waals surface area contributed by atoms with E-state index >= 15 is 0 Å². The van der Waals surface area contributed by atoms with Crippen LogP contribution in [0.15, 0.2) is 0 Å². The standard InChI is InChI=1S/C18H36N2/c1-14-9-10-16(13-15(14)2)17(19)18(3,4)20-11-7-5-6-8-12-20/h14-17H,5-13,19H2,1-4H3. The van der Waals surface area contributed by atoms with Crippen molar-refractivity contribution in [2.24, 2.45) is 23.5 Å². The fourth-order valence-corrected chi connectivity index (χ4v) is 4.35. The molecule has 1 aliphatic carbocycles. The Morgan fingerprint density at radius 3 is 2.10 bits per heavy atom. The molecule has 0 aromatic rings. The van der Waals surface area contributed by atoms with E-state index in [1.54, 1.807) is 0 Å². The van der Waals surface area contributed by atoms with Crippen LogP contribution in [0.1, 0.15) is 72.6 Å². The highest BCUT2D eigenvalue weighted by Crippen LogP contribution is 2.38.